The van der Waals surface area contributed by atoms with Gasteiger partial charge in [-0.3, -0.25) is 14.5 Å². The third kappa shape index (κ3) is 4.61. The minimum Gasteiger partial charge on any atom is -0.348 e. The van der Waals surface area contributed by atoms with E-state index < -0.39 is 0 Å². The molecule has 2 aromatic rings. The van der Waals surface area contributed by atoms with Crippen LogP contribution in [0.5, 0.6) is 0 Å². The molecule has 0 aliphatic carbocycles. The van der Waals surface area contributed by atoms with Gasteiger partial charge in [0.15, 0.2) is 0 Å². The minimum absolute atomic E-state index is 0.151. The molecule has 1 aliphatic heterocycles. The second-order valence-electron chi connectivity index (χ2n) is 7.29. The topological polar surface area (TPSA) is 65.2 Å². The molecule has 5 nitrogen and oxygen atoms in total. The van der Waals surface area contributed by atoms with Gasteiger partial charge in [-0.1, -0.05) is 31.2 Å². The van der Waals surface area contributed by atoms with Gasteiger partial charge in [-0.15, -0.1) is 0 Å². The van der Waals surface area contributed by atoms with Crippen LogP contribution in [0.3, 0.4) is 0 Å². The van der Waals surface area contributed by atoms with Crippen LogP contribution in [0.15, 0.2) is 41.2 Å². The van der Waals surface area contributed by atoms with Gasteiger partial charge in [0.25, 0.3) is 11.5 Å². The molecule has 2 N–H and O–H groups in total. The number of likely N-dealkylation sites (tertiary alicyclic amines) is 1. The summed E-state index contributed by atoms with van der Waals surface area (Å²) in [7, 11) is 0. The molecule has 2 heterocycles. The maximum atomic E-state index is 12.3. The van der Waals surface area contributed by atoms with Gasteiger partial charge in [-0.25, -0.2) is 0 Å². The largest absolute Gasteiger partial charge is 0.348 e. The Morgan fingerprint density at radius 3 is 2.54 bits per heavy atom. The van der Waals surface area contributed by atoms with Crippen molar-refractivity contribution in [1.29, 1.82) is 0 Å². The number of nitrogens with zero attached hydrogens (tertiary/aromatic N) is 1. The predicted molar refractivity (Wildman–Crippen MR) is 103 cm³/mol. The van der Waals surface area contributed by atoms with Gasteiger partial charge in [0, 0.05) is 18.8 Å². The van der Waals surface area contributed by atoms with Crippen molar-refractivity contribution < 1.29 is 4.79 Å². The number of nitrogens with one attached hydrogen (secondary N) is 2. The summed E-state index contributed by atoms with van der Waals surface area (Å²) in [5.41, 5.74) is 2.88. The number of rotatable bonds is 5. The summed E-state index contributed by atoms with van der Waals surface area (Å²) < 4.78 is 0. The SMILES string of the molecule is Cc1ccc(C(=O)NCc2ccccc2CN2CCC(C)CC2)c(=O)[nH]1. The van der Waals surface area contributed by atoms with Crippen molar-refractivity contribution in [3.8, 4) is 0 Å². The quantitative estimate of drug-likeness (QED) is 0.869. The summed E-state index contributed by atoms with van der Waals surface area (Å²) in [4.78, 5) is 29.4. The predicted octanol–water partition coefficient (Wildman–Crippen LogP) is 2.85. The van der Waals surface area contributed by atoms with Crippen molar-refractivity contribution in [3.05, 3.63) is 69.1 Å². The lowest BCUT2D eigenvalue weighted by atomic mass is 9.98. The van der Waals surface area contributed by atoms with Crippen molar-refractivity contribution in [3.63, 3.8) is 0 Å². The zero-order valence-electron chi connectivity index (χ0n) is 15.5. The van der Waals surface area contributed by atoms with Crippen LogP contribution < -0.4 is 10.9 Å². The first-order chi connectivity index (χ1) is 12.5. The summed E-state index contributed by atoms with van der Waals surface area (Å²) in [5, 5.41) is 2.88. The van der Waals surface area contributed by atoms with E-state index in [-0.39, 0.29) is 17.0 Å². The van der Waals surface area contributed by atoms with Gasteiger partial charge >= 0.3 is 0 Å². The van der Waals surface area contributed by atoms with E-state index in [1.165, 1.54) is 18.4 Å². The molecule has 0 saturated carbocycles. The number of pyridine rings is 1. The highest BCUT2D eigenvalue weighted by Gasteiger charge is 2.17. The Morgan fingerprint density at radius 2 is 1.85 bits per heavy atom. The summed E-state index contributed by atoms with van der Waals surface area (Å²) in [5.74, 6) is 0.473. The summed E-state index contributed by atoms with van der Waals surface area (Å²) in [6.07, 6.45) is 2.49. The zero-order valence-corrected chi connectivity index (χ0v) is 15.5. The number of carbonyl (C=O) groups excluding carboxylic acids is 1. The lowest BCUT2D eigenvalue weighted by molar-refractivity contribution is 0.0949. The standard InChI is InChI=1S/C21H27N3O2/c1-15-9-11-24(12-10-15)14-18-6-4-3-5-17(18)13-22-20(25)19-8-7-16(2)23-21(19)26/h3-8,15H,9-14H2,1-2H3,(H,22,25)(H,23,26). The van der Waals surface area contributed by atoms with E-state index in [1.807, 2.05) is 18.2 Å². The van der Waals surface area contributed by atoms with Crippen LogP contribution >= 0.6 is 0 Å². The Bertz CT molecular complexity index is 820. The van der Waals surface area contributed by atoms with Crippen LogP contribution in [0.25, 0.3) is 0 Å². The molecule has 1 aromatic heterocycles. The molecule has 3 rings (SSSR count). The van der Waals surface area contributed by atoms with E-state index in [2.05, 4.69) is 28.2 Å². The van der Waals surface area contributed by atoms with E-state index in [1.54, 1.807) is 19.1 Å². The molecule has 1 amide bonds. The van der Waals surface area contributed by atoms with Crippen LogP contribution in [0, 0.1) is 12.8 Å². The summed E-state index contributed by atoms with van der Waals surface area (Å²) in [6.45, 7) is 7.69. The number of aryl methyl sites for hydroxylation is 1. The smallest absolute Gasteiger partial charge is 0.260 e. The van der Waals surface area contributed by atoms with Gasteiger partial charge in [-0.2, -0.15) is 0 Å². The number of piperidine rings is 1. The van der Waals surface area contributed by atoms with Crippen molar-refractivity contribution in [2.24, 2.45) is 5.92 Å². The Hall–Kier alpha value is -2.40. The first-order valence-corrected chi connectivity index (χ1v) is 9.30. The molecule has 138 valence electrons. The number of H-pyrrole nitrogens is 1. The second-order valence-corrected chi connectivity index (χ2v) is 7.29. The third-order valence-electron chi connectivity index (χ3n) is 5.13. The molecule has 0 unspecified atom stereocenters. The highest BCUT2D eigenvalue weighted by Crippen LogP contribution is 2.19. The fraction of sp³-hybridized carbons (Fsp3) is 0.429. The van der Waals surface area contributed by atoms with Gasteiger partial charge in [-0.05, 0) is 62.0 Å². The van der Waals surface area contributed by atoms with Gasteiger partial charge < -0.3 is 10.3 Å². The molecule has 0 radical (unpaired) electrons. The molecule has 1 aromatic carbocycles. The Morgan fingerprint density at radius 1 is 1.15 bits per heavy atom. The first-order valence-electron chi connectivity index (χ1n) is 9.30. The van der Waals surface area contributed by atoms with Gasteiger partial charge in [0.2, 0.25) is 0 Å². The molecule has 0 spiro atoms. The molecule has 1 aliphatic rings. The summed E-state index contributed by atoms with van der Waals surface area (Å²) in [6, 6.07) is 11.5. The lowest BCUT2D eigenvalue weighted by Gasteiger charge is -2.30. The number of aromatic nitrogens is 1. The Kier molecular flexibility index (Phi) is 5.89. The average molecular weight is 353 g/mol. The summed E-state index contributed by atoms with van der Waals surface area (Å²) >= 11 is 0. The number of hydrogen-bond donors (Lipinski definition) is 2. The molecule has 0 atom stereocenters. The first kappa shape index (κ1) is 18.4. The number of benzene rings is 1. The van der Waals surface area contributed by atoms with Crippen molar-refractivity contribution in [2.45, 2.75) is 39.8 Å². The van der Waals surface area contributed by atoms with E-state index in [0.29, 0.717) is 6.54 Å². The lowest BCUT2D eigenvalue weighted by Crippen LogP contribution is -2.33. The molecule has 1 fully saturated rings. The minimum atomic E-state index is -0.349. The van der Waals surface area contributed by atoms with Crippen LogP contribution in [0.4, 0.5) is 0 Å². The molecular formula is C21H27N3O2. The van der Waals surface area contributed by atoms with E-state index in [9.17, 15) is 9.59 Å². The molecule has 0 bridgehead atoms. The molecular weight excluding hydrogens is 326 g/mol. The number of aromatic amines is 1. The second kappa shape index (κ2) is 8.32. The van der Waals surface area contributed by atoms with E-state index in [0.717, 1.165) is 36.8 Å². The van der Waals surface area contributed by atoms with Crippen LogP contribution in [-0.4, -0.2) is 28.9 Å². The third-order valence-corrected chi connectivity index (χ3v) is 5.13. The highest BCUT2D eigenvalue weighted by molar-refractivity contribution is 5.93. The maximum absolute atomic E-state index is 12.3. The normalized spacial score (nSPS) is 15.8. The van der Waals surface area contributed by atoms with Gasteiger partial charge in [0.05, 0.1) is 0 Å². The van der Waals surface area contributed by atoms with Crippen molar-refractivity contribution in [1.82, 2.24) is 15.2 Å². The Labute approximate surface area is 154 Å². The average Bonchev–Trinajstić information content (AvgIpc) is 2.62. The molecule has 1 saturated heterocycles. The number of carbonyl (C=O) groups is 1. The fourth-order valence-corrected chi connectivity index (χ4v) is 3.37. The van der Waals surface area contributed by atoms with E-state index >= 15 is 0 Å². The molecule has 5 heteroatoms. The van der Waals surface area contributed by atoms with E-state index in [4.69, 9.17) is 0 Å². The van der Waals surface area contributed by atoms with Crippen LogP contribution in [0.2, 0.25) is 0 Å². The number of amides is 1. The van der Waals surface area contributed by atoms with Crippen LogP contribution in [0.1, 0.15) is 46.9 Å². The monoisotopic (exact) mass is 353 g/mol. The fourth-order valence-electron chi connectivity index (χ4n) is 3.37. The Balaban J connectivity index is 1.64. The van der Waals surface area contributed by atoms with Gasteiger partial charge in [0.1, 0.15) is 5.56 Å². The van der Waals surface area contributed by atoms with Crippen LogP contribution in [-0.2, 0) is 13.1 Å². The molecule has 26 heavy (non-hydrogen) atoms. The zero-order chi connectivity index (χ0) is 18.5. The van der Waals surface area contributed by atoms with Crippen molar-refractivity contribution >= 4 is 5.91 Å². The highest BCUT2D eigenvalue weighted by atomic mass is 16.2. The number of hydrogen-bond acceptors (Lipinski definition) is 3. The maximum Gasteiger partial charge on any atom is 0.260 e. The van der Waals surface area contributed by atoms with Crippen molar-refractivity contribution in [2.75, 3.05) is 13.1 Å².